The molecule has 0 saturated heterocycles. The molecule has 9 heteroatoms. The van der Waals surface area contributed by atoms with Crippen LogP contribution in [0.5, 0.6) is 0 Å². The number of benzene rings is 1. The van der Waals surface area contributed by atoms with Gasteiger partial charge in [-0.25, -0.2) is 4.68 Å². The highest BCUT2D eigenvalue weighted by Crippen LogP contribution is 2.38. The largest absolute Gasteiger partial charge is 0.290 e. The van der Waals surface area contributed by atoms with Crippen LogP contribution in [-0.2, 0) is 6.54 Å². The molecule has 1 aliphatic carbocycles. The Bertz CT molecular complexity index is 1110. The number of carbonyl (C=O) groups is 2. The molecule has 2 amide bonds. The number of carbonyl (C=O) groups excluding carboxylic acids is 2. The highest BCUT2D eigenvalue weighted by atomic mass is 16.2. The number of aromatic nitrogens is 4. The Morgan fingerprint density at radius 2 is 1.89 bits per heavy atom. The Labute approximate surface area is 160 Å². The minimum Gasteiger partial charge on any atom is -0.281 e. The molecule has 0 spiro atoms. The van der Waals surface area contributed by atoms with Crippen molar-refractivity contribution in [2.75, 3.05) is 0 Å². The van der Waals surface area contributed by atoms with Gasteiger partial charge in [0.2, 0.25) is 0 Å². The van der Waals surface area contributed by atoms with Crippen LogP contribution in [0, 0.1) is 0 Å². The molecule has 1 saturated carbocycles. The summed E-state index contributed by atoms with van der Waals surface area (Å²) in [5, 5.41) is 11.9. The summed E-state index contributed by atoms with van der Waals surface area (Å²) in [4.78, 5) is 37.4. The maximum absolute atomic E-state index is 12.7. The molecular weight excluding hydrogens is 360 g/mol. The SMILES string of the molecule is CCCn1nc(C(=O)NNC(=O)c2cc(C3CC3)[nH]n2)c2ccccc2c1=O. The fourth-order valence-electron chi connectivity index (χ4n) is 3.06. The Morgan fingerprint density at radius 1 is 1.18 bits per heavy atom. The third kappa shape index (κ3) is 3.38. The van der Waals surface area contributed by atoms with E-state index in [0.717, 1.165) is 18.5 Å². The van der Waals surface area contributed by atoms with E-state index in [4.69, 9.17) is 0 Å². The van der Waals surface area contributed by atoms with Crippen molar-refractivity contribution in [3.8, 4) is 0 Å². The Balaban J connectivity index is 1.55. The van der Waals surface area contributed by atoms with Crippen molar-refractivity contribution < 1.29 is 9.59 Å². The minimum atomic E-state index is -0.604. The van der Waals surface area contributed by atoms with E-state index in [1.807, 2.05) is 6.92 Å². The van der Waals surface area contributed by atoms with Crippen molar-refractivity contribution in [2.24, 2.45) is 0 Å². The van der Waals surface area contributed by atoms with Crippen LogP contribution in [0.2, 0.25) is 0 Å². The van der Waals surface area contributed by atoms with Crippen LogP contribution in [0.3, 0.4) is 0 Å². The van der Waals surface area contributed by atoms with Crippen molar-refractivity contribution in [2.45, 2.75) is 38.6 Å². The summed E-state index contributed by atoms with van der Waals surface area (Å²) in [6.45, 7) is 2.32. The van der Waals surface area contributed by atoms with Crippen LogP contribution in [0.25, 0.3) is 10.8 Å². The van der Waals surface area contributed by atoms with E-state index in [-0.39, 0.29) is 16.9 Å². The molecule has 1 aliphatic rings. The lowest BCUT2D eigenvalue weighted by atomic mass is 10.1. The summed E-state index contributed by atoms with van der Waals surface area (Å²) < 4.78 is 1.27. The number of hydrogen-bond donors (Lipinski definition) is 3. The molecule has 2 aromatic heterocycles. The molecule has 3 aromatic rings. The zero-order valence-electron chi connectivity index (χ0n) is 15.4. The Kier molecular flexibility index (Phi) is 4.64. The van der Waals surface area contributed by atoms with Gasteiger partial charge in [0.1, 0.15) is 0 Å². The van der Waals surface area contributed by atoms with Gasteiger partial charge >= 0.3 is 0 Å². The predicted molar refractivity (Wildman–Crippen MR) is 102 cm³/mol. The smallest absolute Gasteiger partial charge is 0.281 e. The number of nitrogens with one attached hydrogen (secondary N) is 3. The van der Waals surface area contributed by atoms with Crippen LogP contribution in [0.4, 0.5) is 0 Å². The van der Waals surface area contributed by atoms with Crippen molar-refractivity contribution >= 4 is 22.6 Å². The summed E-state index contributed by atoms with van der Waals surface area (Å²) in [6, 6.07) is 8.47. The number of aromatic amines is 1. The fraction of sp³-hybridized carbons (Fsp3) is 0.316. The van der Waals surface area contributed by atoms with Gasteiger partial charge in [-0.2, -0.15) is 10.2 Å². The normalized spacial score (nSPS) is 13.5. The predicted octanol–water partition coefficient (Wildman–Crippen LogP) is 1.48. The number of aryl methyl sites for hydroxylation is 1. The highest BCUT2D eigenvalue weighted by Gasteiger charge is 2.26. The number of nitrogens with zero attached hydrogens (tertiary/aromatic N) is 3. The second-order valence-corrected chi connectivity index (χ2v) is 6.81. The molecule has 1 aromatic carbocycles. The van der Waals surface area contributed by atoms with E-state index in [2.05, 4.69) is 26.1 Å². The zero-order chi connectivity index (χ0) is 19.7. The average Bonchev–Trinajstić information content (AvgIpc) is 3.44. The van der Waals surface area contributed by atoms with Crippen LogP contribution >= 0.6 is 0 Å². The number of hydrogen-bond acceptors (Lipinski definition) is 5. The number of rotatable bonds is 5. The molecule has 0 radical (unpaired) electrons. The first-order chi connectivity index (χ1) is 13.6. The van der Waals surface area contributed by atoms with Gasteiger partial charge in [-0.05, 0) is 31.4 Å². The summed E-state index contributed by atoms with van der Waals surface area (Å²) in [5.74, 6) is -0.686. The number of amides is 2. The van der Waals surface area contributed by atoms with Crippen LogP contribution < -0.4 is 16.4 Å². The first-order valence-electron chi connectivity index (χ1n) is 9.24. The lowest BCUT2D eigenvalue weighted by Gasteiger charge is -2.11. The molecule has 0 aliphatic heterocycles. The second kappa shape index (κ2) is 7.26. The van der Waals surface area contributed by atoms with E-state index in [1.165, 1.54) is 4.68 Å². The fourth-order valence-corrected chi connectivity index (χ4v) is 3.06. The summed E-state index contributed by atoms with van der Waals surface area (Å²) in [5.41, 5.74) is 5.67. The molecule has 0 atom stereocenters. The molecule has 144 valence electrons. The number of fused-ring (bicyclic) bond motifs is 1. The molecule has 0 bridgehead atoms. The van der Waals surface area contributed by atoms with Gasteiger partial charge in [-0.3, -0.25) is 30.3 Å². The lowest BCUT2D eigenvalue weighted by molar-refractivity contribution is 0.0841. The second-order valence-electron chi connectivity index (χ2n) is 6.81. The molecule has 28 heavy (non-hydrogen) atoms. The first kappa shape index (κ1) is 17.9. The molecular formula is C19H20N6O3. The molecule has 1 fully saturated rings. The summed E-state index contributed by atoms with van der Waals surface area (Å²) in [6.07, 6.45) is 2.88. The molecule has 3 N–H and O–H groups in total. The molecule has 2 heterocycles. The van der Waals surface area contributed by atoms with E-state index < -0.39 is 11.8 Å². The monoisotopic (exact) mass is 380 g/mol. The number of H-pyrrole nitrogens is 1. The van der Waals surface area contributed by atoms with E-state index in [1.54, 1.807) is 30.3 Å². The van der Waals surface area contributed by atoms with Crippen molar-refractivity contribution in [1.29, 1.82) is 0 Å². The lowest BCUT2D eigenvalue weighted by Crippen LogP contribution is -2.43. The van der Waals surface area contributed by atoms with Crippen LogP contribution in [0.1, 0.15) is 58.8 Å². The summed E-state index contributed by atoms with van der Waals surface area (Å²) >= 11 is 0. The van der Waals surface area contributed by atoms with E-state index in [0.29, 0.717) is 29.7 Å². The Morgan fingerprint density at radius 3 is 2.61 bits per heavy atom. The van der Waals surface area contributed by atoms with Crippen molar-refractivity contribution in [3.05, 3.63) is 57.8 Å². The first-order valence-corrected chi connectivity index (χ1v) is 9.24. The van der Waals surface area contributed by atoms with E-state index >= 15 is 0 Å². The Hall–Kier alpha value is -3.49. The van der Waals surface area contributed by atoms with E-state index in [9.17, 15) is 14.4 Å². The number of hydrazine groups is 1. The maximum atomic E-state index is 12.7. The average molecular weight is 380 g/mol. The summed E-state index contributed by atoms with van der Waals surface area (Å²) in [7, 11) is 0. The zero-order valence-corrected chi connectivity index (χ0v) is 15.4. The third-order valence-electron chi connectivity index (χ3n) is 4.66. The van der Waals surface area contributed by atoms with Gasteiger partial charge in [0.05, 0.1) is 5.39 Å². The van der Waals surface area contributed by atoms with Crippen LogP contribution in [-0.4, -0.2) is 31.8 Å². The molecule has 0 unspecified atom stereocenters. The van der Waals surface area contributed by atoms with Crippen molar-refractivity contribution in [3.63, 3.8) is 0 Å². The van der Waals surface area contributed by atoms with Crippen molar-refractivity contribution in [1.82, 2.24) is 30.8 Å². The highest BCUT2D eigenvalue weighted by molar-refractivity contribution is 6.05. The molecule has 9 nitrogen and oxygen atoms in total. The molecule has 4 rings (SSSR count). The topological polar surface area (TPSA) is 122 Å². The van der Waals surface area contributed by atoms with Gasteiger partial charge in [-0.15, -0.1) is 0 Å². The maximum Gasteiger partial charge on any atom is 0.290 e. The minimum absolute atomic E-state index is 0.0737. The van der Waals surface area contributed by atoms with Crippen LogP contribution in [0.15, 0.2) is 35.1 Å². The van der Waals surface area contributed by atoms with Gasteiger partial charge in [-0.1, -0.05) is 25.1 Å². The van der Waals surface area contributed by atoms with Gasteiger partial charge in [0.15, 0.2) is 11.4 Å². The van der Waals surface area contributed by atoms with Gasteiger partial charge < -0.3 is 0 Å². The van der Waals surface area contributed by atoms with Gasteiger partial charge in [0.25, 0.3) is 17.4 Å². The van der Waals surface area contributed by atoms with Gasteiger partial charge in [0, 0.05) is 23.5 Å². The third-order valence-corrected chi connectivity index (χ3v) is 4.66. The quantitative estimate of drug-likeness (QED) is 0.579. The standard InChI is InChI=1S/C19H20N6O3/c1-2-9-25-19(28)13-6-4-3-5-12(13)16(24-25)18(27)23-22-17(26)15-10-14(20-21-15)11-7-8-11/h3-6,10-11H,2,7-9H2,1H3,(H,20,21)(H,22,26)(H,23,27).